The Bertz CT molecular complexity index is 501. The number of piperidine rings is 1. The number of hydrogen-bond donors (Lipinski definition) is 0. The molecule has 2 rings (SSSR count). The Morgan fingerprint density at radius 2 is 2.10 bits per heavy atom. The van der Waals surface area contributed by atoms with Crippen LogP contribution in [0.15, 0.2) is 18.2 Å². The van der Waals surface area contributed by atoms with Crippen LogP contribution < -0.4 is 4.74 Å². The molecular weight excluding hydrogens is 262 g/mol. The van der Waals surface area contributed by atoms with Crippen LogP contribution in [0.1, 0.15) is 24.0 Å². The Morgan fingerprint density at radius 1 is 1.38 bits per heavy atom. The Balaban J connectivity index is 1.90. The van der Waals surface area contributed by atoms with Crippen LogP contribution in [-0.2, 0) is 6.54 Å². The van der Waals surface area contributed by atoms with Crippen molar-refractivity contribution in [3.05, 3.63) is 29.3 Å². The van der Waals surface area contributed by atoms with E-state index in [1.165, 1.54) is 31.5 Å². The van der Waals surface area contributed by atoms with Crippen molar-refractivity contribution in [1.29, 1.82) is 5.26 Å². The SMILES string of the molecule is COc1ccc(CN(C)CC2CCN(C)CC2)cc1C#N. The summed E-state index contributed by atoms with van der Waals surface area (Å²) in [4.78, 5) is 4.76. The van der Waals surface area contributed by atoms with Crippen LogP contribution >= 0.6 is 0 Å². The highest BCUT2D eigenvalue weighted by Gasteiger charge is 2.18. The second kappa shape index (κ2) is 7.44. The molecular formula is C17H25N3O. The number of nitrogens with zero attached hydrogens (tertiary/aromatic N) is 3. The second-order valence-electron chi connectivity index (χ2n) is 6.09. The molecule has 1 aromatic carbocycles. The largest absolute Gasteiger partial charge is 0.495 e. The lowest BCUT2D eigenvalue weighted by Gasteiger charge is -2.31. The van der Waals surface area contributed by atoms with E-state index in [4.69, 9.17) is 10.00 Å². The van der Waals surface area contributed by atoms with Crippen molar-refractivity contribution in [2.24, 2.45) is 5.92 Å². The molecule has 0 unspecified atom stereocenters. The minimum atomic E-state index is 0.614. The zero-order valence-corrected chi connectivity index (χ0v) is 13.3. The van der Waals surface area contributed by atoms with Gasteiger partial charge in [0.2, 0.25) is 0 Å². The lowest BCUT2D eigenvalue weighted by molar-refractivity contribution is 0.173. The second-order valence-corrected chi connectivity index (χ2v) is 6.09. The van der Waals surface area contributed by atoms with Gasteiger partial charge in [0, 0.05) is 13.1 Å². The van der Waals surface area contributed by atoms with Crippen LogP contribution in [0.4, 0.5) is 0 Å². The summed E-state index contributed by atoms with van der Waals surface area (Å²) in [6.45, 7) is 4.42. The lowest BCUT2D eigenvalue weighted by atomic mass is 9.96. The average molecular weight is 287 g/mol. The molecule has 0 bridgehead atoms. The molecule has 1 aliphatic rings. The number of methoxy groups -OCH3 is 1. The maximum atomic E-state index is 9.15. The molecule has 1 heterocycles. The predicted octanol–water partition coefficient (Wildman–Crippen LogP) is 2.34. The zero-order chi connectivity index (χ0) is 15.2. The van der Waals surface area contributed by atoms with E-state index in [2.05, 4.69) is 30.0 Å². The summed E-state index contributed by atoms with van der Waals surface area (Å²) in [5.41, 5.74) is 1.78. The molecule has 0 radical (unpaired) electrons. The number of rotatable bonds is 5. The molecule has 21 heavy (non-hydrogen) atoms. The van der Waals surface area contributed by atoms with Crippen LogP contribution in [-0.4, -0.2) is 50.6 Å². The maximum absolute atomic E-state index is 9.15. The van der Waals surface area contributed by atoms with Crippen molar-refractivity contribution in [3.8, 4) is 11.8 Å². The molecule has 0 atom stereocenters. The molecule has 1 saturated heterocycles. The molecule has 4 heteroatoms. The van der Waals surface area contributed by atoms with Gasteiger partial charge < -0.3 is 14.5 Å². The summed E-state index contributed by atoms with van der Waals surface area (Å²) in [5, 5.41) is 9.15. The molecule has 114 valence electrons. The molecule has 0 aliphatic carbocycles. The smallest absolute Gasteiger partial charge is 0.136 e. The third kappa shape index (κ3) is 4.45. The topological polar surface area (TPSA) is 39.5 Å². The van der Waals surface area contributed by atoms with E-state index in [1.54, 1.807) is 7.11 Å². The minimum absolute atomic E-state index is 0.614. The lowest BCUT2D eigenvalue weighted by Crippen LogP contribution is -2.35. The normalized spacial score (nSPS) is 16.9. The minimum Gasteiger partial charge on any atom is -0.495 e. The highest BCUT2D eigenvalue weighted by atomic mass is 16.5. The molecule has 0 aromatic heterocycles. The van der Waals surface area contributed by atoms with Gasteiger partial charge in [-0.3, -0.25) is 0 Å². The van der Waals surface area contributed by atoms with E-state index in [-0.39, 0.29) is 0 Å². The van der Waals surface area contributed by atoms with E-state index in [0.717, 1.165) is 19.0 Å². The van der Waals surface area contributed by atoms with Crippen molar-refractivity contribution in [2.75, 3.05) is 40.8 Å². The van der Waals surface area contributed by atoms with E-state index in [0.29, 0.717) is 11.3 Å². The van der Waals surface area contributed by atoms with Gasteiger partial charge in [-0.25, -0.2) is 0 Å². The fourth-order valence-corrected chi connectivity index (χ4v) is 3.00. The Kier molecular flexibility index (Phi) is 5.60. The van der Waals surface area contributed by atoms with Gasteiger partial charge >= 0.3 is 0 Å². The van der Waals surface area contributed by atoms with Crippen LogP contribution in [0.2, 0.25) is 0 Å². The highest BCUT2D eigenvalue weighted by Crippen LogP contribution is 2.21. The van der Waals surface area contributed by atoms with E-state index in [9.17, 15) is 0 Å². The van der Waals surface area contributed by atoms with Gasteiger partial charge in [-0.1, -0.05) is 6.07 Å². The van der Waals surface area contributed by atoms with E-state index in [1.807, 2.05) is 18.2 Å². The van der Waals surface area contributed by atoms with Crippen LogP contribution in [0.3, 0.4) is 0 Å². The standard InChI is InChI=1S/C17H25N3O/c1-19-8-6-14(7-9-19)12-20(2)13-15-4-5-17(21-3)16(10-15)11-18/h4-5,10,14H,6-9,12-13H2,1-3H3. The molecule has 0 spiro atoms. The van der Waals surface area contributed by atoms with Crippen molar-refractivity contribution in [3.63, 3.8) is 0 Å². The van der Waals surface area contributed by atoms with Crippen molar-refractivity contribution in [2.45, 2.75) is 19.4 Å². The quantitative estimate of drug-likeness (QED) is 0.833. The number of hydrogen-bond acceptors (Lipinski definition) is 4. The summed E-state index contributed by atoms with van der Waals surface area (Å²) in [6.07, 6.45) is 2.57. The van der Waals surface area contributed by atoms with E-state index >= 15 is 0 Å². The van der Waals surface area contributed by atoms with Crippen molar-refractivity contribution < 1.29 is 4.74 Å². The fraction of sp³-hybridized carbons (Fsp3) is 0.588. The van der Waals surface area contributed by atoms with Gasteiger partial charge in [0.05, 0.1) is 12.7 Å². The van der Waals surface area contributed by atoms with Gasteiger partial charge in [0.15, 0.2) is 0 Å². The third-order valence-electron chi connectivity index (χ3n) is 4.24. The summed E-state index contributed by atoms with van der Waals surface area (Å²) < 4.78 is 5.19. The fourth-order valence-electron chi connectivity index (χ4n) is 3.00. The first-order valence-electron chi connectivity index (χ1n) is 7.56. The van der Waals surface area contributed by atoms with Gasteiger partial charge in [-0.2, -0.15) is 5.26 Å². The molecule has 1 aliphatic heterocycles. The van der Waals surface area contributed by atoms with Crippen molar-refractivity contribution >= 4 is 0 Å². The third-order valence-corrected chi connectivity index (χ3v) is 4.24. The summed E-state index contributed by atoms with van der Waals surface area (Å²) in [7, 11) is 5.96. The average Bonchev–Trinajstić information content (AvgIpc) is 2.49. The highest BCUT2D eigenvalue weighted by molar-refractivity contribution is 5.45. The van der Waals surface area contributed by atoms with Gasteiger partial charge in [-0.05, 0) is 63.6 Å². The first-order valence-corrected chi connectivity index (χ1v) is 7.56. The first-order chi connectivity index (χ1) is 10.1. The number of ether oxygens (including phenoxy) is 1. The Morgan fingerprint density at radius 3 is 2.71 bits per heavy atom. The first kappa shape index (κ1) is 15.8. The van der Waals surface area contributed by atoms with Gasteiger partial charge in [0.1, 0.15) is 11.8 Å². The van der Waals surface area contributed by atoms with Crippen molar-refractivity contribution in [1.82, 2.24) is 9.80 Å². The van der Waals surface area contributed by atoms with E-state index < -0.39 is 0 Å². The summed E-state index contributed by atoms with van der Waals surface area (Å²) >= 11 is 0. The van der Waals surface area contributed by atoms with Gasteiger partial charge in [0.25, 0.3) is 0 Å². The summed E-state index contributed by atoms with van der Waals surface area (Å²) in [6, 6.07) is 8.06. The Hall–Kier alpha value is -1.57. The molecule has 0 saturated carbocycles. The Labute approximate surface area is 127 Å². The number of likely N-dealkylation sites (tertiary alicyclic amines) is 1. The van der Waals surface area contributed by atoms with Crippen LogP contribution in [0.25, 0.3) is 0 Å². The summed E-state index contributed by atoms with van der Waals surface area (Å²) in [5.74, 6) is 1.44. The molecule has 0 N–H and O–H groups in total. The monoisotopic (exact) mass is 287 g/mol. The molecule has 1 aromatic rings. The van der Waals surface area contributed by atoms with Gasteiger partial charge in [-0.15, -0.1) is 0 Å². The molecule has 1 fully saturated rings. The molecule has 0 amide bonds. The zero-order valence-electron chi connectivity index (χ0n) is 13.3. The van der Waals surface area contributed by atoms with Crippen LogP contribution in [0.5, 0.6) is 5.75 Å². The van der Waals surface area contributed by atoms with Crippen LogP contribution in [0, 0.1) is 17.2 Å². The predicted molar refractivity (Wildman–Crippen MR) is 84.3 cm³/mol. The molecule has 4 nitrogen and oxygen atoms in total. The number of nitriles is 1. The number of benzene rings is 1. The maximum Gasteiger partial charge on any atom is 0.136 e.